The van der Waals surface area contributed by atoms with Gasteiger partial charge in [0.1, 0.15) is 11.5 Å². The summed E-state index contributed by atoms with van der Waals surface area (Å²) in [7, 11) is 1.57. The van der Waals surface area contributed by atoms with E-state index in [0.29, 0.717) is 17.2 Å². The summed E-state index contributed by atoms with van der Waals surface area (Å²) in [5.41, 5.74) is 1.70. The minimum absolute atomic E-state index is 0.0741. The van der Waals surface area contributed by atoms with E-state index in [1.54, 1.807) is 14.0 Å². The van der Waals surface area contributed by atoms with Gasteiger partial charge >= 0.3 is 5.97 Å². The fourth-order valence-corrected chi connectivity index (χ4v) is 1.95. The maximum atomic E-state index is 11.0. The van der Waals surface area contributed by atoms with Gasteiger partial charge in [0.2, 0.25) is 5.89 Å². The molecule has 106 valence electrons. The second-order valence-electron chi connectivity index (χ2n) is 4.84. The zero-order valence-corrected chi connectivity index (χ0v) is 11.9. The number of aryl methyl sites for hydroxylation is 1. The predicted molar refractivity (Wildman–Crippen MR) is 74.3 cm³/mol. The van der Waals surface area contributed by atoms with Gasteiger partial charge in [-0.2, -0.15) is 0 Å². The van der Waals surface area contributed by atoms with Gasteiger partial charge in [-0.1, -0.05) is 19.9 Å². The Labute approximate surface area is 117 Å². The summed E-state index contributed by atoms with van der Waals surface area (Å²) in [4.78, 5) is 15.0. The number of benzene rings is 1. The first-order valence-corrected chi connectivity index (χ1v) is 6.33. The highest BCUT2D eigenvalue weighted by atomic mass is 16.5. The fourth-order valence-electron chi connectivity index (χ4n) is 1.95. The molecule has 0 aliphatic heterocycles. The molecule has 0 aliphatic carbocycles. The van der Waals surface area contributed by atoms with Crippen LogP contribution in [0.4, 0.5) is 0 Å². The van der Waals surface area contributed by atoms with Crippen molar-refractivity contribution in [2.24, 2.45) is 0 Å². The summed E-state index contributed by atoms with van der Waals surface area (Å²) < 4.78 is 10.8. The van der Waals surface area contributed by atoms with Crippen LogP contribution in [-0.2, 0) is 0 Å². The first kappa shape index (κ1) is 14.1. The highest BCUT2D eigenvalue weighted by Gasteiger charge is 2.19. The van der Waals surface area contributed by atoms with Crippen LogP contribution in [-0.4, -0.2) is 23.2 Å². The van der Waals surface area contributed by atoms with E-state index < -0.39 is 5.97 Å². The Kier molecular flexibility index (Phi) is 3.79. The van der Waals surface area contributed by atoms with Crippen molar-refractivity contribution < 1.29 is 19.1 Å². The number of rotatable bonds is 4. The summed E-state index contributed by atoms with van der Waals surface area (Å²) in [6.07, 6.45) is 0. The van der Waals surface area contributed by atoms with E-state index in [-0.39, 0.29) is 17.3 Å². The molecule has 20 heavy (non-hydrogen) atoms. The van der Waals surface area contributed by atoms with Crippen molar-refractivity contribution in [3.63, 3.8) is 0 Å². The SMILES string of the molecule is COc1cc(C(C)C)ccc1-c1nc(C(=O)O)c(C)o1. The molecule has 1 aromatic carbocycles. The van der Waals surface area contributed by atoms with Gasteiger partial charge in [0.05, 0.1) is 12.7 Å². The molecule has 5 nitrogen and oxygen atoms in total. The van der Waals surface area contributed by atoms with E-state index in [4.69, 9.17) is 14.3 Å². The van der Waals surface area contributed by atoms with Crippen LogP contribution >= 0.6 is 0 Å². The number of hydrogen-bond donors (Lipinski definition) is 1. The molecule has 2 aromatic rings. The van der Waals surface area contributed by atoms with Crippen molar-refractivity contribution in [3.8, 4) is 17.2 Å². The Morgan fingerprint density at radius 2 is 2.10 bits per heavy atom. The minimum atomic E-state index is -1.10. The largest absolute Gasteiger partial charge is 0.496 e. The van der Waals surface area contributed by atoms with Crippen LogP contribution in [0.2, 0.25) is 0 Å². The summed E-state index contributed by atoms with van der Waals surface area (Å²) in [5, 5.41) is 9.02. The van der Waals surface area contributed by atoms with Crippen molar-refractivity contribution in [1.82, 2.24) is 4.98 Å². The van der Waals surface area contributed by atoms with E-state index in [1.807, 2.05) is 18.2 Å². The van der Waals surface area contributed by atoms with Gasteiger partial charge in [-0.25, -0.2) is 9.78 Å². The summed E-state index contributed by atoms with van der Waals surface area (Å²) in [6, 6.07) is 5.72. The van der Waals surface area contributed by atoms with Gasteiger partial charge < -0.3 is 14.3 Å². The number of carbonyl (C=O) groups is 1. The Hall–Kier alpha value is -2.30. The molecule has 5 heteroatoms. The van der Waals surface area contributed by atoms with Gasteiger partial charge in [-0.05, 0) is 30.5 Å². The second-order valence-corrected chi connectivity index (χ2v) is 4.84. The van der Waals surface area contributed by atoms with Crippen LogP contribution in [0.25, 0.3) is 11.5 Å². The summed E-state index contributed by atoms with van der Waals surface area (Å²) >= 11 is 0. The third-order valence-electron chi connectivity index (χ3n) is 3.12. The third-order valence-corrected chi connectivity index (χ3v) is 3.12. The minimum Gasteiger partial charge on any atom is -0.496 e. The van der Waals surface area contributed by atoms with Gasteiger partial charge in [-0.15, -0.1) is 0 Å². The molecule has 0 aliphatic rings. The molecule has 0 spiro atoms. The average molecular weight is 275 g/mol. The molecule has 1 heterocycles. The molecular weight excluding hydrogens is 258 g/mol. The molecule has 0 unspecified atom stereocenters. The molecule has 0 fully saturated rings. The lowest BCUT2D eigenvalue weighted by atomic mass is 10.0. The second kappa shape index (κ2) is 5.36. The zero-order chi connectivity index (χ0) is 14.9. The lowest BCUT2D eigenvalue weighted by Crippen LogP contribution is -1.98. The lowest BCUT2D eigenvalue weighted by molar-refractivity contribution is 0.0689. The number of aromatic carboxylic acids is 1. The number of ether oxygens (including phenoxy) is 1. The lowest BCUT2D eigenvalue weighted by Gasteiger charge is -2.10. The Bertz CT molecular complexity index is 643. The first-order chi connectivity index (χ1) is 9.43. The molecule has 0 radical (unpaired) electrons. The van der Waals surface area contributed by atoms with Crippen LogP contribution in [0.3, 0.4) is 0 Å². The monoisotopic (exact) mass is 275 g/mol. The number of nitrogens with zero attached hydrogens (tertiary/aromatic N) is 1. The van der Waals surface area contributed by atoms with Crippen LogP contribution < -0.4 is 4.74 Å². The van der Waals surface area contributed by atoms with E-state index in [2.05, 4.69) is 18.8 Å². The highest BCUT2D eigenvalue weighted by molar-refractivity contribution is 5.87. The van der Waals surface area contributed by atoms with Gasteiger partial charge in [0.15, 0.2) is 5.69 Å². The molecule has 0 saturated heterocycles. The van der Waals surface area contributed by atoms with Gasteiger partial charge in [0, 0.05) is 0 Å². The average Bonchev–Trinajstić information content (AvgIpc) is 2.80. The maximum Gasteiger partial charge on any atom is 0.358 e. The molecule has 2 rings (SSSR count). The normalized spacial score (nSPS) is 10.8. The number of hydrogen-bond acceptors (Lipinski definition) is 4. The van der Waals surface area contributed by atoms with Crippen molar-refractivity contribution in [1.29, 1.82) is 0 Å². The van der Waals surface area contributed by atoms with Crippen LogP contribution in [0.15, 0.2) is 22.6 Å². The van der Waals surface area contributed by atoms with E-state index in [0.717, 1.165) is 5.56 Å². The van der Waals surface area contributed by atoms with E-state index >= 15 is 0 Å². The predicted octanol–water partition coefficient (Wildman–Crippen LogP) is 3.48. The molecule has 0 saturated carbocycles. The van der Waals surface area contributed by atoms with Crippen LogP contribution in [0.5, 0.6) is 5.75 Å². The smallest absolute Gasteiger partial charge is 0.358 e. The van der Waals surface area contributed by atoms with Crippen molar-refractivity contribution >= 4 is 5.97 Å². The first-order valence-electron chi connectivity index (χ1n) is 6.33. The third kappa shape index (κ3) is 2.52. The zero-order valence-electron chi connectivity index (χ0n) is 11.9. The van der Waals surface area contributed by atoms with Gasteiger partial charge in [-0.3, -0.25) is 0 Å². The highest BCUT2D eigenvalue weighted by Crippen LogP contribution is 2.33. The van der Waals surface area contributed by atoms with Crippen molar-refractivity contribution in [2.75, 3.05) is 7.11 Å². The van der Waals surface area contributed by atoms with Gasteiger partial charge in [0.25, 0.3) is 0 Å². The Morgan fingerprint density at radius 1 is 1.40 bits per heavy atom. The van der Waals surface area contributed by atoms with E-state index in [1.165, 1.54) is 0 Å². The van der Waals surface area contributed by atoms with Crippen molar-refractivity contribution in [3.05, 3.63) is 35.2 Å². The van der Waals surface area contributed by atoms with E-state index in [9.17, 15) is 4.79 Å². The Balaban J connectivity index is 2.52. The van der Waals surface area contributed by atoms with Crippen LogP contribution in [0.1, 0.15) is 41.6 Å². The molecule has 1 N–H and O–H groups in total. The number of aromatic nitrogens is 1. The Morgan fingerprint density at radius 3 is 2.60 bits per heavy atom. The molecule has 0 bridgehead atoms. The topological polar surface area (TPSA) is 72.6 Å². The molecule has 1 aromatic heterocycles. The standard InChI is InChI=1S/C15H17NO4/c1-8(2)10-5-6-11(12(7-10)19-4)14-16-13(15(17)18)9(3)20-14/h5-8H,1-4H3,(H,17,18). The van der Waals surface area contributed by atoms with Crippen LogP contribution in [0, 0.1) is 6.92 Å². The fraction of sp³-hybridized carbons (Fsp3) is 0.333. The summed E-state index contributed by atoms with van der Waals surface area (Å²) in [6.45, 7) is 5.76. The number of oxazole rings is 1. The molecular formula is C15H17NO4. The maximum absolute atomic E-state index is 11.0. The quantitative estimate of drug-likeness (QED) is 0.924. The number of methoxy groups -OCH3 is 1. The van der Waals surface area contributed by atoms with Crippen molar-refractivity contribution in [2.45, 2.75) is 26.7 Å². The number of carboxylic acid groups (broad SMARTS) is 1. The summed E-state index contributed by atoms with van der Waals surface area (Å²) in [5.74, 6) is 0.429. The number of carboxylic acids is 1. The molecule has 0 atom stereocenters. The molecule has 0 amide bonds.